The van der Waals surface area contributed by atoms with Gasteiger partial charge in [-0.3, -0.25) is 23.7 Å². The maximum atomic E-state index is 13.5. The Labute approximate surface area is 366 Å². The normalized spacial score (nSPS) is 18.9. The summed E-state index contributed by atoms with van der Waals surface area (Å²) in [5.41, 5.74) is 4.23. The largest absolute Gasteiger partial charge is 0.380 e. The van der Waals surface area contributed by atoms with Crippen LogP contribution in [0.4, 0.5) is 20.2 Å². The molecule has 0 spiro atoms. The smallest absolute Gasteiger partial charge is 0.312 e. The minimum absolute atomic E-state index is 0.00649. The van der Waals surface area contributed by atoms with E-state index in [0.717, 1.165) is 17.8 Å². The van der Waals surface area contributed by atoms with Gasteiger partial charge in [-0.05, 0) is 54.1 Å². The Morgan fingerprint density at radius 3 is 2.23 bits per heavy atom. The zero-order valence-corrected chi connectivity index (χ0v) is 35.4. The summed E-state index contributed by atoms with van der Waals surface area (Å²) in [5, 5.41) is 19.5. The number of halogens is 2. The Balaban J connectivity index is 0.678. The third-order valence-electron chi connectivity index (χ3n) is 9.59. The predicted octanol–water partition coefficient (Wildman–Crippen LogP) is 2.58. The van der Waals surface area contributed by atoms with E-state index in [0.29, 0.717) is 100.0 Å². The lowest BCUT2D eigenvalue weighted by molar-refractivity contribution is -0.376. The number of aliphatic hydroxyl groups is 1. The van der Waals surface area contributed by atoms with Crippen LogP contribution in [0.25, 0.3) is 10.9 Å². The van der Waals surface area contributed by atoms with Gasteiger partial charge in [0.1, 0.15) is 11.6 Å². The Bertz CT molecular complexity index is 2230. The number of hydrogen-bond donors (Lipinski definition) is 5. The van der Waals surface area contributed by atoms with Gasteiger partial charge in [0.2, 0.25) is 12.0 Å². The van der Waals surface area contributed by atoms with Crippen LogP contribution < -0.4 is 31.0 Å². The van der Waals surface area contributed by atoms with E-state index in [1.807, 2.05) is 12.1 Å². The molecule has 3 aliphatic rings. The van der Waals surface area contributed by atoms with Gasteiger partial charge in [0.15, 0.2) is 10.8 Å². The lowest BCUT2D eigenvalue weighted by Gasteiger charge is -2.26. The van der Waals surface area contributed by atoms with Crippen molar-refractivity contribution < 1.29 is 79.2 Å². The molecule has 4 aromatic rings. The molecule has 5 N–H and O–H groups in total. The standard InChI is InChI=1S/C40H50F2N6O15S/c41-30-22-28(23-31(42)26-30)27-44-39(49)40(50)7-9-47(63-40)32-4-5-33-29(24-32)25-36(45-33)64(51,52)59-21-20-57-19-18-56-17-16-55-15-14-54-13-12-53-11-8-43-34-2-1-3-35-38(34)62-48(61-35)37-6-10-58-46-60-37/h1-5,22-26,37,43,45-46,50H,6-21,27H2,(H,44,49). The SMILES string of the molecule is O=C(NCc1cc(F)cc(F)c1)C1(O)CCN(c2ccc3[nH]c(S(=O)(=O)OCCOCCOCCOCCOCCOCCNc4cccc5c4ON(C4CCONO4)O5)cc3c2)O1. The van der Waals surface area contributed by atoms with Crippen molar-refractivity contribution in [3.8, 4) is 11.5 Å². The molecule has 0 aliphatic carbocycles. The molecular formula is C40H50F2N6O15S. The number of ether oxygens (including phenoxy) is 5. The van der Waals surface area contributed by atoms with Crippen LogP contribution in [0, 0.1) is 11.6 Å². The lowest BCUT2D eigenvalue weighted by atomic mass is 10.1. The average molecular weight is 925 g/mol. The average Bonchev–Trinajstić information content (AvgIpc) is 4.04. The van der Waals surface area contributed by atoms with Crippen molar-refractivity contribution in [2.45, 2.75) is 36.4 Å². The summed E-state index contributed by atoms with van der Waals surface area (Å²) in [6, 6.07) is 14.6. The maximum Gasteiger partial charge on any atom is 0.312 e. The van der Waals surface area contributed by atoms with E-state index < -0.39 is 39.7 Å². The molecule has 2 atom stereocenters. The van der Waals surface area contributed by atoms with E-state index in [9.17, 15) is 27.1 Å². The number of carbonyl (C=O) groups is 1. The molecule has 4 heterocycles. The van der Waals surface area contributed by atoms with Gasteiger partial charge in [0.05, 0.1) is 102 Å². The van der Waals surface area contributed by atoms with Crippen molar-refractivity contribution >= 4 is 38.3 Å². The summed E-state index contributed by atoms with van der Waals surface area (Å²) < 4.78 is 85.4. The van der Waals surface area contributed by atoms with Gasteiger partial charge in [0.25, 0.3) is 11.7 Å². The summed E-state index contributed by atoms with van der Waals surface area (Å²) >= 11 is 0. The predicted molar refractivity (Wildman–Crippen MR) is 218 cm³/mol. The van der Waals surface area contributed by atoms with Crippen molar-refractivity contribution in [3.63, 3.8) is 0 Å². The Kier molecular flexibility index (Phi) is 16.9. The van der Waals surface area contributed by atoms with Crippen molar-refractivity contribution in [1.82, 2.24) is 21.2 Å². The van der Waals surface area contributed by atoms with Crippen LogP contribution in [0.5, 0.6) is 11.5 Å². The Morgan fingerprint density at radius 1 is 0.859 bits per heavy atom. The monoisotopic (exact) mass is 924 g/mol. The van der Waals surface area contributed by atoms with Crippen molar-refractivity contribution in [2.24, 2.45) is 0 Å². The molecule has 1 amide bonds. The number of aromatic amines is 1. The van der Waals surface area contributed by atoms with E-state index in [-0.39, 0.29) is 56.5 Å². The van der Waals surface area contributed by atoms with Gasteiger partial charge in [-0.1, -0.05) is 11.7 Å². The molecule has 2 unspecified atom stereocenters. The fraction of sp³-hybridized carbons (Fsp3) is 0.475. The molecule has 21 nitrogen and oxygen atoms in total. The highest BCUT2D eigenvalue weighted by atomic mass is 32.2. The summed E-state index contributed by atoms with van der Waals surface area (Å²) in [5.74, 6) is -3.59. The second-order valence-corrected chi connectivity index (χ2v) is 15.8. The number of anilines is 2. The first kappa shape index (κ1) is 47.2. The topological polar surface area (TPSA) is 231 Å². The van der Waals surface area contributed by atoms with Gasteiger partial charge in [0, 0.05) is 42.9 Å². The van der Waals surface area contributed by atoms with E-state index in [2.05, 4.69) is 21.3 Å². The number of fused-ring (bicyclic) bond motifs is 2. The third-order valence-corrected chi connectivity index (χ3v) is 10.8. The molecule has 2 saturated heterocycles. The highest BCUT2D eigenvalue weighted by molar-refractivity contribution is 7.86. The van der Waals surface area contributed by atoms with Gasteiger partial charge < -0.3 is 54.1 Å². The van der Waals surface area contributed by atoms with Crippen LogP contribution in [0.3, 0.4) is 0 Å². The first-order chi connectivity index (χ1) is 31.1. The Morgan fingerprint density at radius 2 is 1.55 bits per heavy atom. The molecule has 3 aromatic carbocycles. The number of hydroxylamine groups is 3. The highest BCUT2D eigenvalue weighted by Gasteiger charge is 2.45. The van der Waals surface area contributed by atoms with Crippen LogP contribution >= 0.6 is 0 Å². The number of nitrogens with zero attached hydrogens (tertiary/aromatic N) is 2. The number of H-pyrrole nitrogens is 1. The molecule has 1 aromatic heterocycles. The highest BCUT2D eigenvalue weighted by Crippen LogP contribution is 2.41. The number of nitrogens with one attached hydrogen (secondary N) is 4. The number of aromatic nitrogens is 1. The zero-order chi connectivity index (χ0) is 44.8. The molecular weight excluding hydrogens is 875 g/mol. The summed E-state index contributed by atoms with van der Waals surface area (Å²) in [4.78, 5) is 42.9. The van der Waals surface area contributed by atoms with Gasteiger partial charge in [-0.2, -0.15) is 8.42 Å². The van der Waals surface area contributed by atoms with Crippen LogP contribution in [0.15, 0.2) is 65.7 Å². The van der Waals surface area contributed by atoms with Crippen molar-refractivity contribution in [3.05, 3.63) is 77.9 Å². The minimum Gasteiger partial charge on any atom is -0.380 e. The van der Waals surface area contributed by atoms with E-state index >= 15 is 0 Å². The number of hydrogen-bond acceptors (Lipinski definition) is 19. The van der Waals surface area contributed by atoms with Crippen molar-refractivity contribution in [2.75, 3.05) is 103 Å². The fourth-order valence-electron chi connectivity index (χ4n) is 6.43. The molecule has 350 valence electrons. The van der Waals surface area contributed by atoms with Crippen molar-refractivity contribution in [1.29, 1.82) is 0 Å². The first-order valence-electron chi connectivity index (χ1n) is 20.4. The van der Waals surface area contributed by atoms with Crippen LogP contribution in [-0.4, -0.2) is 134 Å². The number of benzene rings is 3. The molecule has 0 saturated carbocycles. The number of amides is 1. The number of carbonyl (C=O) groups excluding carboxylic acids is 1. The summed E-state index contributed by atoms with van der Waals surface area (Å²) in [6.07, 6.45) is 0.00121. The third kappa shape index (κ3) is 13.2. The quantitative estimate of drug-likeness (QED) is 0.0450. The number of rotatable bonds is 26. The summed E-state index contributed by atoms with van der Waals surface area (Å²) in [6.45, 7) is 3.95. The van der Waals surface area contributed by atoms with E-state index in [1.165, 1.54) is 16.4 Å². The molecule has 0 radical (unpaired) electrons. The molecule has 3 aliphatic heterocycles. The molecule has 24 heteroatoms. The fourth-order valence-corrected chi connectivity index (χ4v) is 7.35. The second kappa shape index (κ2) is 22.9. The van der Waals surface area contributed by atoms with Crippen LogP contribution in [-0.2, 0) is 63.8 Å². The van der Waals surface area contributed by atoms with Crippen LogP contribution in [0.2, 0.25) is 0 Å². The number of para-hydroxylation sites is 1. The molecule has 7 rings (SSSR count). The lowest BCUT2D eigenvalue weighted by Crippen LogP contribution is -2.47. The first-order valence-corrected chi connectivity index (χ1v) is 21.8. The van der Waals surface area contributed by atoms with E-state index in [4.69, 9.17) is 52.1 Å². The second-order valence-electron chi connectivity index (χ2n) is 14.3. The molecule has 64 heavy (non-hydrogen) atoms. The summed E-state index contributed by atoms with van der Waals surface area (Å²) in [7, 11) is -4.16. The van der Waals surface area contributed by atoms with E-state index in [1.54, 1.807) is 24.3 Å². The molecule has 2 fully saturated rings. The zero-order valence-electron chi connectivity index (χ0n) is 34.6. The van der Waals surface area contributed by atoms with Gasteiger partial charge in [-0.15, -0.1) is 0 Å². The van der Waals surface area contributed by atoms with Gasteiger partial charge >= 0.3 is 10.1 Å². The minimum atomic E-state index is -4.16. The van der Waals surface area contributed by atoms with Gasteiger partial charge in [-0.25, -0.2) is 13.6 Å². The van der Waals surface area contributed by atoms with Crippen LogP contribution in [0.1, 0.15) is 18.4 Å². The Hall–Kier alpha value is -4.80. The molecule has 0 bridgehead atoms. The maximum absolute atomic E-state index is 13.5.